The summed E-state index contributed by atoms with van der Waals surface area (Å²) in [7, 11) is 1.53. The first-order valence-electron chi connectivity index (χ1n) is 10.5. The number of hydrogen-bond acceptors (Lipinski definition) is 6. The van der Waals surface area contributed by atoms with E-state index in [1.165, 1.54) is 7.11 Å². The lowest BCUT2D eigenvalue weighted by Gasteiger charge is -2.42. The van der Waals surface area contributed by atoms with E-state index in [1.54, 1.807) is 36.9 Å². The molecule has 2 aromatic rings. The Balaban J connectivity index is 1.49. The van der Waals surface area contributed by atoms with Crippen LogP contribution < -0.4 is 9.47 Å². The van der Waals surface area contributed by atoms with Gasteiger partial charge in [0.25, 0.3) is 5.91 Å². The van der Waals surface area contributed by atoms with E-state index in [-0.39, 0.29) is 25.4 Å². The van der Waals surface area contributed by atoms with Crippen LogP contribution in [0.25, 0.3) is 0 Å². The molecule has 2 aliphatic rings. The van der Waals surface area contributed by atoms with Crippen molar-refractivity contribution in [1.29, 1.82) is 0 Å². The van der Waals surface area contributed by atoms with Gasteiger partial charge in [-0.25, -0.2) is 0 Å². The Morgan fingerprint density at radius 2 is 2.00 bits per heavy atom. The number of nitrogens with zero attached hydrogens (tertiary/aromatic N) is 1. The Kier molecular flexibility index (Phi) is 5.92. The van der Waals surface area contributed by atoms with E-state index in [0.717, 1.165) is 5.56 Å². The summed E-state index contributed by atoms with van der Waals surface area (Å²) in [6, 6.07) is 15.2. The van der Waals surface area contributed by atoms with Crippen LogP contribution in [0.15, 0.2) is 48.5 Å². The first-order valence-corrected chi connectivity index (χ1v) is 10.5. The number of piperidine rings is 1. The van der Waals surface area contributed by atoms with E-state index in [4.69, 9.17) is 18.9 Å². The summed E-state index contributed by atoms with van der Waals surface area (Å²) in [5.74, 6) is 0.839. The highest BCUT2D eigenvalue weighted by Gasteiger charge is 2.51. The van der Waals surface area contributed by atoms with Crippen LogP contribution in [0.3, 0.4) is 0 Å². The molecule has 7 heteroatoms. The van der Waals surface area contributed by atoms with E-state index in [2.05, 4.69) is 12.1 Å². The molecule has 0 spiro atoms. The summed E-state index contributed by atoms with van der Waals surface area (Å²) in [6.45, 7) is 4.68. The molecule has 2 atom stereocenters. The van der Waals surface area contributed by atoms with Crippen LogP contribution in [-0.2, 0) is 15.1 Å². The average molecular weight is 427 g/mol. The zero-order valence-corrected chi connectivity index (χ0v) is 18.2. The van der Waals surface area contributed by atoms with Crippen molar-refractivity contribution in [2.45, 2.75) is 37.6 Å². The van der Waals surface area contributed by atoms with Crippen LogP contribution in [0.2, 0.25) is 0 Å². The van der Waals surface area contributed by atoms with Gasteiger partial charge in [0.05, 0.1) is 19.3 Å². The molecule has 1 N–H and O–H groups in total. The molecule has 0 radical (unpaired) electrons. The van der Waals surface area contributed by atoms with Gasteiger partial charge in [0.2, 0.25) is 0 Å². The topological polar surface area (TPSA) is 77.5 Å². The second-order valence-corrected chi connectivity index (χ2v) is 8.64. The maximum Gasteiger partial charge on any atom is 0.254 e. The molecule has 0 aliphatic carbocycles. The second kappa shape index (κ2) is 8.49. The zero-order valence-electron chi connectivity index (χ0n) is 18.2. The fourth-order valence-corrected chi connectivity index (χ4v) is 4.15. The molecule has 0 aromatic heterocycles. The third-order valence-corrected chi connectivity index (χ3v) is 5.79. The lowest BCUT2D eigenvalue weighted by atomic mass is 9.82. The van der Waals surface area contributed by atoms with Crippen molar-refractivity contribution < 1.29 is 28.8 Å². The molecule has 166 valence electrons. The maximum absolute atomic E-state index is 13.2. The molecular weight excluding hydrogens is 398 g/mol. The highest BCUT2D eigenvalue weighted by Crippen LogP contribution is 2.42. The summed E-state index contributed by atoms with van der Waals surface area (Å²) in [5, 5.41) is 9.88. The molecule has 2 aromatic carbocycles. The van der Waals surface area contributed by atoms with Gasteiger partial charge in [-0.05, 0) is 37.6 Å². The predicted molar refractivity (Wildman–Crippen MR) is 114 cm³/mol. The Bertz CT molecular complexity index is 925. The summed E-state index contributed by atoms with van der Waals surface area (Å²) < 4.78 is 23.0. The van der Waals surface area contributed by atoms with Crippen molar-refractivity contribution in [2.24, 2.45) is 0 Å². The Morgan fingerprint density at radius 3 is 2.71 bits per heavy atom. The van der Waals surface area contributed by atoms with Crippen LogP contribution in [0.1, 0.15) is 36.2 Å². The van der Waals surface area contributed by atoms with Gasteiger partial charge in [-0.1, -0.05) is 30.3 Å². The minimum atomic E-state index is -0.970. The summed E-state index contributed by atoms with van der Waals surface area (Å²) in [6.07, 6.45) is 0.445. The molecule has 2 saturated heterocycles. The number of hydrogen-bond donors (Lipinski definition) is 1. The molecule has 31 heavy (non-hydrogen) atoms. The fraction of sp³-hybridized carbons (Fsp3) is 0.458. The minimum absolute atomic E-state index is 0.0931. The third-order valence-electron chi connectivity index (χ3n) is 5.79. The van der Waals surface area contributed by atoms with Crippen LogP contribution in [0.4, 0.5) is 0 Å². The SMILES string of the molecule is COc1cc(C(=O)N2CC[C@]3(c4ccccc4)OCOC3C2)ccc1OCC(C)(C)O. The lowest BCUT2D eigenvalue weighted by Crippen LogP contribution is -2.53. The second-order valence-electron chi connectivity index (χ2n) is 8.64. The van der Waals surface area contributed by atoms with Gasteiger partial charge in [-0.2, -0.15) is 0 Å². The Labute approximate surface area is 182 Å². The van der Waals surface area contributed by atoms with Gasteiger partial charge >= 0.3 is 0 Å². The largest absolute Gasteiger partial charge is 0.493 e. The Morgan fingerprint density at radius 1 is 1.23 bits per heavy atom. The number of aliphatic hydroxyl groups is 1. The van der Waals surface area contributed by atoms with E-state index in [9.17, 15) is 9.90 Å². The van der Waals surface area contributed by atoms with Crippen molar-refractivity contribution in [3.05, 3.63) is 59.7 Å². The zero-order chi connectivity index (χ0) is 22.1. The maximum atomic E-state index is 13.2. The van der Waals surface area contributed by atoms with Gasteiger partial charge in [0.15, 0.2) is 11.5 Å². The van der Waals surface area contributed by atoms with E-state index in [0.29, 0.717) is 36.6 Å². The van der Waals surface area contributed by atoms with E-state index < -0.39 is 11.2 Å². The van der Waals surface area contributed by atoms with Gasteiger partial charge in [0, 0.05) is 18.5 Å². The van der Waals surface area contributed by atoms with E-state index >= 15 is 0 Å². The molecular formula is C24H29NO6. The quantitative estimate of drug-likeness (QED) is 0.764. The number of rotatable bonds is 6. The number of benzene rings is 2. The fourth-order valence-electron chi connectivity index (χ4n) is 4.15. The van der Waals surface area contributed by atoms with Gasteiger partial charge < -0.3 is 29.0 Å². The van der Waals surface area contributed by atoms with Crippen molar-refractivity contribution in [1.82, 2.24) is 4.90 Å². The van der Waals surface area contributed by atoms with E-state index in [1.807, 2.05) is 18.2 Å². The van der Waals surface area contributed by atoms with Crippen molar-refractivity contribution in [3.63, 3.8) is 0 Å². The molecule has 1 unspecified atom stereocenters. The number of ether oxygens (including phenoxy) is 4. The molecule has 0 bridgehead atoms. The molecule has 2 fully saturated rings. The number of likely N-dealkylation sites (tertiary alicyclic amines) is 1. The monoisotopic (exact) mass is 427 g/mol. The normalized spacial score (nSPS) is 23.4. The number of amides is 1. The first-order chi connectivity index (χ1) is 14.8. The lowest BCUT2D eigenvalue weighted by molar-refractivity contribution is -0.0439. The summed E-state index contributed by atoms with van der Waals surface area (Å²) >= 11 is 0. The van der Waals surface area contributed by atoms with Gasteiger partial charge in [-0.15, -0.1) is 0 Å². The summed E-state index contributed by atoms with van der Waals surface area (Å²) in [5.41, 5.74) is 0.116. The van der Waals surface area contributed by atoms with Crippen LogP contribution >= 0.6 is 0 Å². The standard InChI is InChI=1S/C24H29NO6/c1-23(2,27)15-29-19-10-9-17(13-20(19)28-3)22(26)25-12-11-24(18-7-5-4-6-8-18)21(14-25)30-16-31-24/h4-10,13,21,27H,11-12,14-16H2,1-3H3/t21?,24-/m1/s1. The smallest absolute Gasteiger partial charge is 0.254 e. The highest BCUT2D eigenvalue weighted by atomic mass is 16.7. The van der Waals surface area contributed by atoms with Crippen LogP contribution in [0.5, 0.6) is 11.5 Å². The number of methoxy groups -OCH3 is 1. The number of carbonyl (C=O) groups excluding carboxylic acids is 1. The predicted octanol–water partition coefficient (Wildman–Crippen LogP) is 2.96. The van der Waals surface area contributed by atoms with Crippen LogP contribution in [0, 0.1) is 0 Å². The van der Waals surface area contributed by atoms with Crippen molar-refractivity contribution >= 4 is 5.91 Å². The Hall–Kier alpha value is -2.61. The number of fused-ring (bicyclic) bond motifs is 1. The molecule has 0 saturated carbocycles. The molecule has 1 amide bonds. The first kappa shape index (κ1) is 21.6. The molecule has 7 nitrogen and oxygen atoms in total. The minimum Gasteiger partial charge on any atom is -0.493 e. The van der Waals surface area contributed by atoms with Gasteiger partial charge in [-0.3, -0.25) is 4.79 Å². The van der Waals surface area contributed by atoms with Crippen molar-refractivity contribution in [3.8, 4) is 11.5 Å². The van der Waals surface area contributed by atoms with Crippen LogP contribution in [-0.4, -0.2) is 61.2 Å². The molecule has 4 rings (SSSR count). The van der Waals surface area contributed by atoms with Gasteiger partial charge in [0.1, 0.15) is 25.1 Å². The molecule has 2 heterocycles. The number of carbonyl (C=O) groups is 1. The van der Waals surface area contributed by atoms with Crippen molar-refractivity contribution in [2.75, 3.05) is 33.6 Å². The average Bonchev–Trinajstić information content (AvgIpc) is 3.21. The molecule has 2 aliphatic heterocycles. The third kappa shape index (κ3) is 4.39. The highest BCUT2D eigenvalue weighted by molar-refractivity contribution is 5.95. The summed E-state index contributed by atoms with van der Waals surface area (Å²) in [4.78, 5) is 15.0.